The van der Waals surface area contributed by atoms with Crippen LogP contribution in [0.3, 0.4) is 0 Å². The van der Waals surface area contributed by atoms with Gasteiger partial charge in [0.1, 0.15) is 0 Å². The van der Waals surface area contributed by atoms with E-state index in [9.17, 15) is 0 Å². The number of hydrogen-bond donors (Lipinski definition) is 0. The number of hydrogen-bond acceptors (Lipinski definition) is 3. The van der Waals surface area contributed by atoms with Crippen molar-refractivity contribution in [1.29, 1.82) is 0 Å². The summed E-state index contributed by atoms with van der Waals surface area (Å²) in [5, 5.41) is 3.89. The van der Waals surface area contributed by atoms with Crippen molar-refractivity contribution in [2.45, 2.75) is 58.8 Å². The van der Waals surface area contributed by atoms with Crippen LogP contribution in [0.15, 0.2) is 4.52 Å². The first-order valence-electron chi connectivity index (χ1n) is 6.30. The highest BCUT2D eigenvalue weighted by molar-refractivity contribution is 6.20. The van der Waals surface area contributed by atoms with Crippen LogP contribution in [-0.2, 0) is 0 Å². The molecule has 1 unspecified atom stereocenters. The van der Waals surface area contributed by atoms with Gasteiger partial charge in [0.2, 0.25) is 5.89 Å². The molecule has 1 heterocycles. The van der Waals surface area contributed by atoms with Crippen LogP contribution in [-0.4, -0.2) is 10.1 Å². The van der Waals surface area contributed by atoms with Crippen molar-refractivity contribution in [1.82, 2.24) is 10.1 Å². The average molecular weight is 257 g/mol. The normalized spacial score (nSPS) is 23.6. The van der Waals surface area contributed by atoms with Gasteiger partial charge in [0.05, 0.1) is 5.38 Å². The Labute approximate surface area is 108 Å². The molecule has 1 atom stereocenters. The van der Waals surface area contributed by atoms with Crippen LogP contribution in [0.1, 0.15) is 70.5 Å². The van der Waals surface area contributed by atoms with Gasteiger partial charge in [0, 0.05) is 5.92 Å². The van der Waals surface area contributed by atoms with E-state index in [4.69, 9.17) is 16.1 Å². The first kappa shape index (κ1) is 12.9. The quantitative estimate of drug-likeness (QED) is 0.754. The lowest BCUT2D eigenvalue weighted by Gasteiger charge is -2.03. The van der Waals surface area contributed by atoms with Gasteiger partial charge in [-0.2, -0.15) is 4.98 Å². The maximum Gasteiger partial charge on any atom is 0.230 e. The molecule has 1 aliphatic rings. The Morgan fingerprint density at radius 1 is 1.29 bits per heavy atom. The topological polar surface area (TPSA) is 38.9 Å². The van der Waals surface area contributed by atoms with Gasteiger partial charge < -0.3 is 4.52 Å². The zero-order chi connectivity index (χ0) is 12.8. The molecule has 17 heavy (non-hydrogen) atoms. The molecule has 0 N–H and O–H groups in total. The second-order valence-corrected chi connectivity index (χ2v) is 6.65. The molecule has 0 radical (unpaired) electrons. The molecule has 0 aromatic carbocycles. The molecule has 1 aliphatic carbocycles. The minimum Gasteiger partial charge on any atom is -0.339 e. The molecular weight excluding hydrogens is 236 g/mol. The lowest BCUT2D eigenvalue weighted by Crippen LogP contribution is -1.95. The first-order valence-corrected chi connectivity index (χ1v) is 6.73. The molecule has 2 rings (SSSR count). The Morgan fingerprint density at radius 2 is 1.88 bits per heavy atom. The van der Waals surface area contributed by atoms with Crippen molar-refractivity contribution in [3.8, 4) is 0 Å². The Balaban J connectivity index is 2.16. The number of rotatable bonds is 4. The highest BCUT2D eigenvalue weighted by Gasteiger charge is 2.67. The van der Waals surface area contributed by atoms with Gasteiger partial charge in [0.15, 0.2) is 5.82 Å². The van der Waals surface area contributed by atoms with Gasteiger partial charge in [-0.25, -0.2) is 0 Å². The van der Waals surface area contributed by atoms with Gasteiger partial charge in [0.25, 0.3) is 0 Å². The maximum absolute atomic E-state index is 6.20. The van der Waals surface area contributed by atoms with Gasteiger partial charge >= 0.3 is 0 Å². The maximum atomic E-state index is 6.20. The molecule has 0 bridgehead atoms. The zero-order valence-corrected chi connectivity index (χ0v) is 12.0. The van der Waals surface area contributed by atoms with Gasteiger partial charge in [-0.05, 0) is 17.3 Å². The summed E-state index contributed by atoms with van der Waals surface area (Å²) in [4.78, 5) is 4.47. The van der Waals surface area contributed by atoms with Crippen LogP contribution in [0.25, 0.3) is 0 Å². The summed E-state index contributed by atoms with van der Waals surface area (Å²) >= 11 is 6.20. The molecule has 1 aromatic rings. The molecule has 0 saturated heterocycles. The summed E-state index contributed by atoms with van der Waals surface area (Å²) in [5.74, 6) is 1.74. The van der Waals surface area contributed by atoms with Crippen molar-refractivity contribution >= 4 is 11.6 Å². The highest BCUT2D eigenvalue weighted by Crippen LogP contribution is 2.73. The SMILES string of the molecule is CCCC(Cl)c1noc(C2C(C)(C)C2(C)C)n1. The number of halogens is 1. The highest BCUT2D eigenvalue weighted by atomic mass is 35.5. The lowest BCUT2D eigenvalue weighted by atomic mass is 10.0. The van der Waals surface area contributed by atoms with Crippen molar-refractivity contribution < 1.29 is 4.52 Å². The van der Waals surface area contributed by atoms with Crippen LogP contribution < -0.4 is 0 Å². The minimum absolute atomic E-state index is 0.123. The zero-order valence-electron chi connectivity index (χ0n) is 11.2. The van der Waals surface area contributed by atoms with Gasteiger partial charge in [-0.1, -0.05) is 46.2 Å². The lowest BCUT2D eigenvalue weighted by molar-refractivity contribution is 0.360. The molecule has 96 valence electrons. The Hall–Kier alpha value is -0.570. The summed E-state index contributed by atoms with van der Waals surface area (Å²) in [6.07, 6.45) is 1.91. The number of aromatic nitrogens is 2. The molecule has 0 spiro atoms. The largest absolute Gasteiger partial charge is 0.339 e. The fraction of sp³-hybridized carbons (Fsp3) is 0.846. The van der Waals surface area contributed by atoms with E-state index in [-0.39, 0.29) is 16.2 Å². The van der Waals surface area contributed by atoms with E-state index in [1.54, 1.807) is 0 Å². The molecular formula is C13H21ClN2O. The molecule has 0 amide bonds. The fourth-order valence-electron chi connectivity index (χ4n) is 2.69. The third-order valence-corrected chi connectivity index (χ3v) is 4.96. The fourth-order valence-corrected chi connectivity index (χ4v) is 2.99. The van der Waals surface area contributed by atoms with Crippen molar-refractivity contribution in [2.24, 2.45) is 10.8 Å². The van der Waals surface area contributed by atoms with E-state index in [0.29, 0.717) is 11.7 Å². The third-order valence-electron chi connectivity index (χ3n) is 4.55. The van der Waals surface area contributed by atoms with E-state index in [1.807, 2.05) is 0 Å². The number of alkyl halides is 1. The Bertz CT molecular complexity index is 397. The predicted molar refractivity (Wildman–Crippen MR) is 68.1 cm³/mol. The molecule has 1 saturated carbocycles. The van der Waals surface area contributed by atoms with E-state index in [2.05, 4.69) is 44.8 Å². The average Bonchev–Trinajstić information content (AvgIpc) is 2.59. The predicted octanol–water partition coefficient (Wildman–Crippen LogP) is 4.30. The standard InChI is InChI=1S/C13H21ClN2O/c1-6-7-8(14)10-15-11(17-16-10)9-12(2,3)13(9,4)5/h8-9H,6-7H2,1-5H3. The Kier molecular flexibility index (Phi) is 3.01. The second kappa shape index (κ2) is 3.98. The third kappa shape index (κ3) is 1.88. The van der Waals surface area contributed by atoms with Crippen molar-refractivity contribution in [3.05, 3.63) is 11.7 Å². The smallest absolute Gasteiger partial charge is 0.230 e. The molecule has 0 aliphatic heterocycles. The van der Waals surface area contributed by atoms with Crippen molar-refractivity contribution in [3.63, 3.8) is 0 Å². The van der Waals surface area contributed by atoms with Crippen LogP contribution in [0.2, 0.25) is 0 Å². The first-order chi connectivity index (χ1) is 7.82. The van der Waals surface area contributed by atoms with E-state index in [0.717, 1.165) is 18.7 Å². The Morgan fingerprint density at radius 3 is 2.35 bits per heavy atom. The molecule has 3 nitrogen and oxygen atoms in total. The van der Waals surface area contributed by atoms with Gasteiger partial charge in [-0.15, -0.1) is 11.6 Å². The summed E-state index contributed by atoms with van der Waals surface area (Å²) in [6.45, 7) is 11.1. The second-order valence-electron chi connectivity index (χ2n) is 6.12. The van der Waals surface area contributed by atoms with Crippen molar-refractivity contribution in [2.75, 3.05) is 0 Å². The summed E-state index contributed by atoms with van der Waals surface area (Å²) in [5.41, 5.74) is 0.451. The molecule has 1 fully saturated rings. The molecule has 1 aromatic heterocycles. The van der Waals surface area contributed by atoms with E-state index < -0.39 is 0 Å². The van der Waals surface area contributed by atoms with Crippen LogP contribution in [0.4, 0.5) is 0 Å². The molecule has 4 heteroatoms. The van der Waals surface area contributed by atoms with E-state index >= 15 is 0 Å². The van der Waals surface area contributed by atoms with Crippen LogP contribution >= 0.6 is 11.6 Å². The van der Waals surface area contributed by atoms with Crippen LogP contribution in [0, 0.1) is 10.8 Å². The summed E-state index contributed by atoms with van der Waals surface area (Å²) in [7, 11) is 0. The van der Waals surface area contributed by atoms with E-state index in [1.165, 1.54) is 0 Å². The minimum atomic E-state index is -0.123. The summed E-state index contributed by atoms with van der Waals surface area (Å²) in [6, 6.07) is 0. The van der Waals surface area contributed by atoms with Gasteiger partial charge in [-0.3, -0.25) is 0 Å². The van der Waals surface area contributed by atoms with Crippen LogP contribution in [0.5, 0.6) is 0 Å². The monoisotopic (exact) mass is 256 g/mol. The summed E-state index contributed by atoms with van der Waals surface area (Å²) < 4.78 is 5.38. The number of nitrogens with zero attached hydrogens (tertiary/aromatic N) is 2.